The van der Waals surface area contributed by atoms with Crippen LogP contribution >= 0.6 is 11.6 Å². The maximum absolute atomic E-state index is 13.3. The summed E-state index contributed by atoms with van der Waals surface area (Å²) in [6.07, 6.45) is 7.91. The minimum Gasteiger partial charge on any atom is -0.455 e. The highest BCUT2D eigenvalue weighted by atomic mass is 35.5. The van der Waals surface area contributed by atoms with E-state index in [0.29, 0.717) is 22.2 Å². The Labute approximate surface area is 200 Å². The summed E-state index contributed by atoms with van der Waals surface area (Å²) in [6, 6.07) is 5.23. The number of nitrogens with zero attached hydrogens (tertiary/aromatic N) is 8. The average Bonchev–Trinajstić information content (AvgIpc) is 3.42. The number of hydrogen-bond donors (Lipinski definition) is 0. The Hall–Kier alpha value is -3.71. The summed E-state index contributed by atoms with van der Waals surface area (Å²) in [7, 11) is 0. The molecule has 0 saturated carbocycles. The van der Waals surface area contributed by atoms with Gasteiger partial charge in [0.25, 0.3) is 0 Å². The highest BCUT2D eigenvalue weighted by Gasteiger charge is 2.24. The van der Waals surface area contributed by atoms with E-state index in [0.717, 1.165) is 43.4 Å². The first-order valence-corrected chi connectivity index (χ1v) is 11.3. The van der Waals surface area contributed by atoms with Crippen LogP contribution in [0.4, 0.5) is 4.39 Å². The Balaban J connectivity index is 1.49. The van der Waals surface area contributed by atoms with Gasteiger partial charge in [-0.25, -0.2) is 13.8 Å². The van der Waals surface area contributed by atoms with Crippen LogP contribution in [0.1, 0.15) is 43.3 Å². The van der Waals surface area contributed by atoms with E-state index < -0.39 is 11.9 Å². The predicted octanol–water partition coefficient (Wildman–Crippen LogP) is 4.35. The van der Waals surface area contributed by atoms with Gasteiger partial charge in [0.2, 0.25) is 0 Å². The summed E-state index contributed by atoms with van der Waals surface area (Å²) < 4.78 is 23.0. The van der Waals surface area contributed by atoms with Gasteiger partial charge in [-0.3, -0.25) is 9.67 Å². The summed E-state index contributed by atoms with van der Waals surface area (Å²) in [6.45, 7) is 5.26. The number of imidazole rings is 1. The molecule has 1 aliphatic rings. The molecule has 5 rings (SSSR count). The van der Waals surface area contributed by atoms with Crippen LogP contribution in [0.5, 0.6) is 6.01 Å². The van der Waals surface area contributed by atoms with E-state index in [1.54, 1.807) is 21.6 Å². The third-order valence-corrected chi connectivity index (χ3v) is 6.41. The largest absolute Gasteiger partial charge is 0.455 e. The van der Waals surface area contributed by atoms with Crippen LogP contribution < -0.4 is 4.74 Å². The second-order valence-corrected chi connectivity index (χ2v) is 8.65. The molecule has 4 aromatic rings. The van der Waals surface area contributed by atoms with Crippen LogP contribution in [-0.2, 0) is 0 Å². The molecule has 1 fully saturated rings. The minimum absolute atomic E-state index is 0.225. The van der Waals surface area contributed by atoms with Gasteiger partial charge in [-0.1, -0.05) is 11.6 Å². The highest BCUT2D eigenvalue weighted by Crippen LogP contribution is 2.32. The number of hydrogen-bond acceptors (Lipinski definition) is 7. The smallest absolute Gasteiger partial charge is 0.304 e. The summed E-state index contributed by atoms with van der Waals surface area (Å²) in [5.41, 5.74) is 3.64. The van der Waals surface area contributed by atoms with E-state index in [-0.39, 0.29) is 12.1 Å². The monoisotopic (exact) mass is 480 g/mol. The number of likely N-dealkylation sites (tertiary alicyclic amines) is 1. The standard InChI is InChI=1S/C23H22ClFN8O/c1-14-18(11-29-33(14)17-5-7-31(13-26)8-6-17)20-9-22-28-12-21(24)32(22)23(30-20)34-15(2)19-4-3-16(25)10-27-19/h3-4,9-12,15,17H,5-8H2,1-2H3/t15-/m1/s1. The van der Waals surface area contributed by atoms with Crippen LogP contribution in [0.3, 0.4) is 0 Å². The zero-order valence-electron chi connectivity index (χ0n) is 18.7. The second kappa shape index (κ2) is 8.91. The molecule has 0 radical (unpaired) electrons. The molecule has 5 heterocycles. The lowest BCUT2D eigenvalue weighted by atomic mass is 10.1. The van der Waals surface area contributed by atoms with E-state index in [1.165, 1.54) is 12.3 Å². The molecular formula is C23H22ClFN8O. The molecule has 174 valence electrons. The van der Waals surface area contributed by atoms with Crippen molar-refractivity contribution in [2.45, 2.75) is 38.8 Å². The molecule has 0 spiro atoms. The summed E-state index contributed by atoms with van der Waals surface area (Å²) in [4.78, 5) is 15.0. The fourth-order valence-electron chi connectivity index (χ4n) is 4.26. The van der Waals surface area contributed by atoms with Gasteiger partial charge >= 0.3 is 6.01 Å². The lowest BCUT2D eigenvalue weighted by Gasteiger charge is -2.29. The molecule has 0 aliphatic carbocycles. The molecule has 0 bridgehead atoms. The number of pyridine rings is 1. The van der Waals surface area contributed by atoms with E-state index >= 15 is 0 Å². The number of aromatic nitrogens is 6. The molecule has 0 N–H and O–H groups in total. The quantitative estimate of drug-likeness (QED) is 0.392. The fraction of sp³-hybridized carbons (Fsp3) is 0.348. The molecule has 9 nitrogen and oxygen atoms in total. The first kappa shape index (κ1) is 22.1. The molecule has 34 heavy (non-hydrogen) atoms. The van der Waals surface area contributed by atoms with Crippen LogP contribution in [0.25, 0.3) is 16.9 Å². The summed E-state index contributed by atoms with van der Waals surface area (Å²) in [5.74, 6) is -0.415. The van der Waals surface area contributed by atoms with Crippen LogP contribution in [-0.4, -0.2) is 47.1 Å². The van der Waals surface area contributed by atoms with Crippen LogP contribution in [0.15, 0.2) is 36.8 Å². The number of fused-ring (bicyclic) bond motifs is 1. The maximum Gasteiger partial charge on any atom is 0.304 e. The van der Waals surface area contributed by atoms with Crippen molar-refractivity contribution in [1.29, 1.82) is 5.26 Å². The predicted molar refractivity (Wildman–Crippen MR) is 123 cm³/mol. The zero-order chi connectivity index (χ0) is 23.8. The molecule has 1 atom stereocenters. The number of rotatable bonds is 5. The maximum atomic E-state index is 13.3. The molecule has 0 amide bonds. The Morgan fingerprint density at radius 2 is 2.00 bits per heavy atom. The SMILES string of the molecule is Cc1c(-c2cc3ncc(Cl)n3c(O[C@H](C)c3ccc(F)cn3)n2)cnn1C1CCN(C#N)CC1. The molecule has 11 heteroatoms. The van der Waals surface area contributed by atoms with Crippen molar-refractivity contribution >= 4 is 17.2 Å². The van der Waals surface area contributed by atoms with E-state index in [4.69, 9.17) is 26.6 Å². The second-order valence-electron chi connectivity index (χ2n) is 8.27. The summed E-state index contributed by atoms with van der Waals surface area (Å²) in [5, 5.41) is 14.1. The number of halogens is 2. The zero-order valence-corrected chi connectivity index (χ0v) is 19.4. The highest BCUT2D eigenvalue weighted by molar-refractivity contribution is 6.29. The van der Waals surface area contributed by atoms with Gasteiger partial charge < -0.3 is 9.64 Å². The first-order chi connectivity index (χ1) is 16.4. The van der Waals surface area contributed by atoms with Crippen molar-refractivity contribution in [2.24, 2.45) is 0 Å². The number of nitriles is 1. The van der Waals surface area contributed by atoms with E-state index in [9.17, 15) is 4.39 Å². The van der Waals surface area contributed by atoms with Gasteiger partial charge in [-0.2, -0.15) is 15.3 Å². The molecule has 1 aliphatic heterocycles. The van der Waals surface area contributed by atoms with Gasteiger partial charge in [0.1, 0.15) is 22.7 Å². The van der Waals surface area contributed by atoms with Crippen LogP contribution in [0.2, 0.25) is 5.15 Å². The summed E-state index contributed by atoms with van der Waals surface area (Å²) >= 11 is 6.36. The molecule has 0 unspecified atom stereocenters. The molecule has 1 saturated heterocycles. The Morgan fingerprint density at radius 3 is 2.71 bits per heavy atom. The minimum atomic E-state index is -0.501. The Bertz CT molecular complexity index is 1370. The van der Waals surface area contributed by atoms with E-state index in [1.807, 2.05) is 24.6 Å². The molecule has 0 aromatic carbocycles. The van der Waals surface area contributed by atoms with Crippen molar-refractivity contribution < 1.29 is 9.13 Å². The third-order valence-electron chi connectivity index (χ3n) is 6.14. The Kier molecular flexibility index (Phi) is 5.79. The lowest BCUT2D eigenvalue weighted by molar-refractivity contribution is 0.200. The van der Waals surface area contributed by atoms with Gasteiger partial charge in [0, 0.05) is 30.4 Å². The van der Waals surface area contributed by atoms with Crippen molar-refractivity contribution in [1.82, 2.24) is 34.0 Å². The van der Waals surface area contributed by atoms with Gasteiger partial charge in [0.15, 0.2) is 6.19 Å². The average molecular weight is 481 g/mol. The topological polar surface area (TPSA) is 97.2 Å². The molecule has 4 aromatic heterocycles. The van der Waals surface area contributed by atoms with Crippen LogP contribution in [0, 0.1) is 24.2 Å². The number of piperidine rings is 1. The third kappa shape index (κ3) is 4.03. The first-order valence-electron chi connectivity index (χ1n) is 11.0. The van der Waals surface area contributed by atoms with Gasteiger partial charge in [-0.15, -0.1) is 0 Å². The van der Waals surface area contributed by atoms with Crippen molar-refractivity contribution in [3.63, 3.8) is 0 Å². The lowest BCUT2D eigenvalue weighted by Crippen LogP contribution is -2.31. The van der Waals surface area contributed by atoms with Crippen molar-refractivity contribution in [3.8, 4) is 23.5 Å². The van der Waals surface area contributed by atoms with Gasteiger partial charge in [-0.05, 0) is 38.8 Å². The molecular weight excluding hydrogens is 459 g/mol. The Morgan fingerprint density at radius 1 is 1.21 bits per heavy atom. The fourth-order valence-corrected chi connectivity index (χ4v) is 4.47. The normalized spacial score (nSPS) is 15.4. The van der Waals surface area contributed by atoms with E-state index in [2.05, 4.69) is 21.3 Å². The van der Waals surface area contributed by atoms with Gasteiger partial charge in [0.05, 0.1) is 36.0 Å². The number of ether oxygens (including phenoxy) is 1. The van der Waals surface area contributed by atoms with Crippen molar-refractivity contribution in [3.05, 3.63) is 59.1 Å². The van der Waals surface area contributed by atoms with Crippen molar-refractivity contribution in [2.75, 3.05) is 13.1 Å².